The van der Waals surface area contributed by atoms with Gasteiger partial charge in [-0.25, -0.2) is 9.67 Å². The summed E-state index contributed by atoms with van der Waals surface area (Å²) in [5, 5.41) is 7.55. The third-order valence-corrected chi connectivity index (χ3v) is 4.66. The molecule has 5 nitrogen and oxygen atoms in total. The van der Waals surface area contributed by atoms with Crippen molar-refractivity contribution in [3.8, 4) is 5.82 Å². The van der Waals surface area contributed by atoms with Crippen LogP contribution in [0.3, 0.4) is 0 Å². The molecule has 1 aliphatic rings. The molecule has 1 fully saturated rings. The van der Waals surface area contributed by atoms with Crippen molar-refractivity contribution in [2.24, 2.45) is 5.92 Å². The summed E-state index contributed by atoms with van der Waals surface area (Å²) in [6.45, 7) is 1.89. The van der Waals surface area contributed by atoms with E-state index >= 15 is 0 Å². The molecule has 126 valence electrons. The Bertz CT molecular complexity index is 869. The van der Waals surface area contributed by atoms with Gasteiger partial charge in [0, 0.05) is 6.20 Å². The fourth-order valence-corrected chi connectivity index (χ4v) is 3.12. The van der Waals surface area contributed by atoms with E-state index in [4.69, 9.17) is 0 Å². The third kappa shape index (κ3) is 3.18. The van der Waals surface area contributed by atoms with Gasteiger partial charge in [0.2, 0.25) is 0 Å². The van der Waals surface area contributed by atoms with E-state index in [1.165, 1.54) is 0 Å². The number of rotatable bonds is 5. The largest absolute Gasteiger partial charge is 0.345 e. The zero-order chi connectivity index (χ0) is 17.2. The maximum atomic E-state index is 12.8. The lowest BCUT2D eigenvalue weighted by Gasteiger charge is -2.18. The predicted molar refractivity (Wildman–Crippen MR) is 95.5 cm³/mol. The number of hydrogen-bond donors (Lipinski definition) is 1. The van der Waals surface area contributed by atoms with Crippen LogP contribution >= 0.6 is 0 Å². The number of carbonyl (C=O) groups excluding carboxylic acids is 1. The van der Waals surface area contributed by atoms with Crippen LogP contribution in [0.2, 0.25) is 0 Å². The number of pyridine rings is 1. The van der Waals surface area contributed by atoms with Crippen molar-refractivity contribution >= 4 is 5.91 Å². The van der Waals surface area contributed by atoms with Crippen molar-refractivity contribution in [2.75, 3.05) is 0 Å². The van der Waals surface area contributed by atoms with Crippen LogP contribution in [-0.4, -0.2) is 20.7 Å². The standard InChI is InChI=1S/C20H20N4O/c1-14-17(13-22-24(14)18-9-5-6-12-21-18)20(25)23-19(16-10-11-16)15-7-3-2-4-8-15/h2-9,12-13,16,19H,10-11H2,1H3,(H,23,25)/t19-/m1/s1. The van der Waals surface area contributed by atoms with Gasteiger partial charge < -0.3 is 5.32 Å². The Morgan fingerprint density at radius 1 is 1.16 bits per heavy atom. The van der Waals surface area contributed by atoms with E-state index in [9.17, 15) is 4.79 Å². The quantitative estimate of drug-likeness (QED) is 0.778. The summed E-state index contributed by atoms with van der Waals surface area (Å²) < 4.78 is 1.70. The Kier molecular flexibility index (Phi) is 4.06. The number of carbonyl (C=O) groups is 1. The second-order valence-electron chi connectivity index (χ2n) is 6.44. The molecular formula is C20H20N4O. The molecule has 0 bridgehead atoms. The van der Waals surface area contributed by atoms with Crippen LogP contribution in [0.5, 0.6) is 0 Å². The van der Waals surface area contributed by atoms with Gasteiger partial charge in [0.25, 0.3) is 5.91 Å². The molecular weight excluding hydrogens is 312 g/mol. The van der Waals surface area contributed by atoms with E-state index in [2.05, 4.69) is 27.5 Å². The first kappa shape index (κ1) is 15.6. The molecule has 0 unspecified atom stereocenters. The summed E-state index contributed by atoms with van der Waals surface area (Å²) >= 11 is 0. The van der Waals surface area contributed by atoms with E-state index in [0.29, 0.717) is 17.3 Å². The molecule has 1 saturated carbocycles. The molecule has 0 spiro atoms. The summed E-state index contributed by atoms with van der Waals surface area (Å²) in [5.74, 6) is 1.15. The SMILES string of the molecule is Cc1c(C(=O)N[C@H](c2ccccc2)C2CC2)cnn1-c1ccccn1. The second-order valence-corrected chi connectivity index (χ2v) is 6.44. The lowest BCUT2D eigenvalue weighted by molar-refractivity contribution is 0.0931. The summed E-state index contributed by atoms with van der Waals surface area (Å²) in [4.78, 5) is 17.1. The maximum Gasteiger partial charge on any atom is 0.255 e. The van der Waals surface area contributed by atoms with Crippen molar-refractivity contribution < 1.29 is 4.79 Å². The molecule has 1 aliphatic carbocycles. The molecule has 3 aromatic rings. The van der Waals surface area contributed by atoms with Gasteiger partial charge in [-0.05, 0) is 43.4 Å². The summed E-state index contributed by atoms with van der Waals surface area (Å²) in [5.41, 5.74) is 2.54. The fourth-order valence-electron chi connectivity index (χ4n) is 3.12. The van der Waals surface area contributed by atoms with Gasteiger partial charge >= 0.3 is 0 Å². The smallest absolute Gasteiger partial charge is 0.255 e. The summed E-state index contributed by atoms with van der Waals surface area (Å²) in [6.07, 6.45) is 5.65. The van der Waals surface area contributed by atoms with Gasteiger partial charge in [0.05, 0.1) is 23.5 Å². The molecule has 25 heavy (non-hydrogen) atoms. The van der Waals surface area contributed by atoms with Crippen molar-refractivity contribution in [3.63, 3.8) is 0 Å². The maximum absolute atomic E-state index is 12.8. The highest BCUT2D eigenvalue weighted by Crippen LogP contribution is 2.41. The number of aromatic nitrogens is 3. The first-order chi connectivity index (χ1) is 12.2. The molecule has 0 aliphatic heterocycles. The molecule has 0 radical (unpaired) electrons. The van der Waals surface area contributed by atoms with Crippen molar-refractivity contribution in [3.05, 3.63) is 77.7 Å². The number of nitrogens with zero attached hydrogens (tertiary/aromatic N) is 3. The van der Waals surface area contributed by atoms with E-state index in [-0.39, 0.29) is 11.9 Å². The Morgan fingerprint density at radius 2 is 1.92 bits per heavy atom. The van der Waals surface area contributed by atoms with E-state index < -0.39 is 0 Å². The Hall–Kier alpha value is -2.95. The van der Waals surface area contributed by atoms with Gasteiger partial charge in [-0.1, -0.05) is 36.4 Å². The Morgan fingerprint density at radius 3 is 2.60 bits per heavy atom. The van der Waals surface area contributed by atoms with E-state index in [1.54, 1.807) is 17.1 Å². The van der Waals surface area contributed by atoms with Crippen LogP contribution < -0.4 is 5.32 Å². The zero-order valence-electron chi connectivity index (χ0n) is 14.1. The van der Waals surface area contributed by atoms with E-state index in [0.717, 1.165) is 24.1 Å². The van der Waals surface area contributed by atoms with Gasteiger partial charge in [0.1, 0.15) is 0 Å². The number of nitrogens with one attached hydrogen (secondary N) is 1. The summed E-state index contributed by atoms with van der Waals surface area (Å²) in [7, 11) is 0. The van der Waals surface area contributed by atoms with Gasteiger partial charge in [0.15, 0.2) is 5.82 Å². The summed E-state index contributed by atoms with van der Waals surface area (Å²) in [6, 6.07) is 15.9. The molecule has 2 heterocycles. The lowest BCUT2D eigenvalue weighted by Crippen LogP contribution is -2.30. The minimum atomic E-state index is -0.0829. The van der Waals surface area contributed by atoms with Crippen LogP contribution in [0.4, 0.5) is 0 Å². The number of benzene rings is 1. The normalized spacial score (nSPS) is 14.9. The first-order valence-corrected chi connectivity index (χ1v) is 8.56. The average molecular weight is 332 g/mol. The minimum absolute atomic E-state index is 0.0614. The number of amides is 1. The topological polar surface area (TPSA) is 59.8 Å². The van der Waals surface area contributed by atoms with Crippen molar-refractivity contribution in [1.29, 1.82) is 0 Å². The Labute approximate surface area is 146 Å². The second kappa shape index (κ2) is 6.51. The highest BCUT2D eigenvalue weighted by atomic mass is 16.1. The van der Waals surface area contributed by atoms with Gasteiger partial charge in [-0.2, -0.15) is 5.10 Å². The highest BCUT2D eigenvalue weighted by Gasteiger charge is 2.34. The van der Waals surface area contributed by atoms with Crippen LogP contribution in [0, 0.1) is 12.8 Å². The molecule has 1 amide bonds. The zero-order valence-corrected chi connectivity index (χ0v) is 14.1. The van der Waals surface area contributed by atoms with Crippen LogP contribution in [0.1, 0.15) is 40.5 Å². The van der Waals surface area contributed by atoms with Crippen LogP contribution in [0.25, 0.3) is 5.82 Å². The molecule has 1 N–H and O–H groups in total. The molecule has 1 atom stereocenters. The van der Waals surface area contributed by atoms with Crippen molar-refractivity contribution in [1.82, 2.24) is 20.1 Å². The van der Waals surface area contributed by atoms with E-state index in [1.807, 2.05) is 43.3 Å². The molecule has 4 rings (SSSR count). The highest BCUT2D eigenvalue weighted by molar-refractivity contribution is 5.95. The molecule has 1 aromatic carbocycles. The first-order valence-electron chi connectivity index (χ1n) is 8.56. The monoisotopic (exact) mass is 332 g/mol. The number of hydrogen-bond acceptors (Lipinski definition) is 3. The van der Waals surface area contributed by atoms with Crippen LogP contribution in [0.15, 0.2) is 60.9 Å². The molecule has 2 aromatic heterocycles. The Balaban J connectivity index is 1.58. The minimum Gasteiger partial charge on any atom is -0.345 e. The molecule has 5 heteroatoms. The third-order valence-electron chi connectivity index (χ3n) is 4.66. The van der Waals surface area contributed by atoms with Crippen LogP contribution in [-0.2, 0) is 0 Å². The van der Waals surface area contributed by atoms with Gasteiger partial charge in [-0.3, -0.25) is 4.79 Å². The lowest BCUT2D eigenvalue weighted by atomic mass is 10.0. The van der Waals surface area contributed by atoms with Gasteiger partial charge in [-0.15, -0.1) is 0 Å². The fraction of sp³-hybridized carbons (Fsp3) is 0.250. The molecule has 0 saturated heterocycles. The van der Waals surface area contributed by atoms with Crippen molar-refractivity contribution in [2.45, 2.75) is 25.8 Å². The average Bonchev–Trinajstić information content (AvgIpc) is 3.42. The predicted octanol–water partition coefficient (Wildman–Crippen LogP) is 3.46.